The molecule has 2 aromatic rings. The van der Waals surface area contributed by atoms with E-state index in [1.807, 2.05) is 6.92 Å². The molecule has 0 bridgehead atoms. The molecule has 5 nitrogen and oxygen atoms in total. The van der Waals surface area contributed by atoms with Crippen molar-refractivity contribution in [3.63, 3.8) is 0 Å². The predicted molar refractivity (Wildman–Crippen MR) is 53.2 cm³/mol. The third kappa shape index (κ3) is 2.07. The Bertz CT molecular complexity index is 445. The Kier molecular flexibility index (Phi) is 2.53. The van der Waals surface area contributed by atoms with Crippen LogP contribution in [0.15, 0.2) is 29.1 Å². The van der Waals surface area contributed by atoms with Gasteiger partial charge in [0, 0.05) is 18.0 Å². The van der Waals surface area contributed by atoms with Gasteiger partial charge in [-0.3, -0.25) is 4.79 Å². The Labute approximate surface area is 86.5 Å². The van der Waals surface area contributed by atoms with Gasteiger partial charge in [0.2, 0.25) is 0 Å². The van der Waals surface area contributed by atoms with Gasteiger partial charge in [-0.25, -0.2) is 4.98 Å². The highest BCUT2D eigenvalue weighted by Gasteiger charge is 2.11. The summed E-state index contributed by atoms with van der Waals surface area (Å²) in [4.78, 5) is 18.5. The van der Waals surface area contributed by atoms with E-state index in [2.05, 4.69) is 15.3 Å². The first-order chi connectivity index (χ1) is 7.27. The largest absolute Gasteiger partial charge is 0.459 e. The summed E-state index contributed by atoms with van der Waals surface area (Å²) < 4.78 is 5.05. The lowest BCUT2D eigenvalue weighted by Gasteiger charge is -2.00. The lowest BCUT2D eigenvalue weighted by Crippen LogP contribution is -2.23. The monoisotopic (exact) mass is 205 g/mol. The van der Waals surface area contributed by atoms with E-state index in [1.54, 1.807) is 18.5 Å². The van der Waals surface area contributed by atoms with Gasteiger partial charge in [0.05, 0.1) is 12.8 Å². The standard InChI is InChI=1S/C10H11N3O2/c1-7-2-5-15-9(7)10(14)13-6-8-11-3-4-12-8/h2-5H,6H2,1H3,(H,11,12)(H,13,14). The van der Waals surface area contributed by atoms with Gasteiger partial charge in [-0.2, -0.15) is 0 Å². The number of imidazole rings is 1. The summed E-state index contributed by atoms with van der Waals surface area (Å²) in [6, 6.07) is 1.75. The minimum absolute atomic E-state index is 0.228. The number of nitrogens with one attached hydrogen (secondary N) is 2. The fourth-order valence-corrected chi connectivity index (χ4v) is 1.24. The SMILES string of the molecule is Cc1ccoc1C(=O)NCc1ncc[nH]1. The van der Waals surface area contributed by atoms with Crippen LogP contribution in [-0.2, 0) is 6.54 Å². The average molecular weight is 205 g/mol. The molecule has 0 aromatic carbocycles. The van der Waals surface area contributed by atoms with E-state index in [-0.39, 0.29) is 5.91 Å². The minimum atomic E-state index is -0.228. The molecule has 0 spiro atoms. The van der Waals surface area contributed by atoms with Crippen LogP contribution in [0.2, 0.25) is 0 Å². The molecule has 0 saturated heterocycles. The summed E-state index contributed by atoms with van der Waals surface area (Å²) in [7, 11) is 0. The van der Waals surface area contributed by atoms with E-state index >= 15 is 0 Å². The van der Waals surface area contributed by atoms with Crippen molar-refractivity contribution in [3.05, 3.63) is 41.9 Å². The Morgan fingerprint density at radius 1 is 1.67 bits per heavy atom. The molecule has 0 atom stereocenters. The number of furan rings is 1. The second-order valence-corrected chi connectivity index (χ2v) is 3.15. The maximum absolute atomic E-state index is 11.6. The van der Waals surface area contributed by atoms with E-state index in [1.165, 1.54) is 6.26 Å². The van der Waals surface area contributed by atoms with Crippen molar-refractivity contribution < 1.29 is 9.21 Å². The number of aromatic nitrogens is 2. The van der Waals surface area contributed by atoms with Crippen molar-refractivity contribution in [2.45, 2.75) is 13.5 Å². The first-order valence-corrected chi connectivity index (χ1v) is 4.58. The quantitative estimate of drug-likeness (QED) is 0.791. The fourth-order valence-electron chi connectivity index (χ4n) is 1.24. The van der Waals surface area contributed by atoms with E-state index in [9.17, 15) is 4.79 Å². The maximum Gasteiger partial charge on any atom is 0.287 e. The zero-order valence-corrected chi connectivity index (χ0v) is 8.28. The molecule has 0 aliphatic carbocycles. The molecular formula is C10H11N3O2. The van der Waals surface area contributed by atoms with Gasteiger partial charge in [0.25, 0.3) is 5.91 Å². The third-order valence-corrected chi connectivity index (χ3v) is 2.04. The summed E-state index contributed by atoms with van der Waals surface area (Å²) in [5, 5.41) is 2.70. The number of hydrogen-bond donors (Lipinski definition) is 2. The first-order valence-electron chi connectivity index (χ1n) is 4.58. The molecule has 2 heterocycles. The molecular weight excluding hydrogens is 194 g/mol. The highest BCUT2D eigenvalue weighted by atomic mass is 16.3. The summed E-state index contributed by atoms with van der Waals surface area (Å²) in [5.74, 6) is 0.836. The molecule has 78 valence electrons. The molecule has 0 unspecified atom stereocenters. The van der Waals surface area contributed by atoms with Crippen molar-refractivity contribution in [2.75, 3.05) is 0 Å². The van der Waals surface area contributed by atoms with Crippen LogP contribution in [0.1, 0.15) is 21.9 Å². The molecule has 2 N–H and O–H groups in total. The molecule has 15 heavy (non-hydrogen) atoms. The van der Waals surface area contributed by atoms with Gasteiger partial charge in [-0.15, -0.1) is 0 Å². The fraction of sp³-hybridized carbons (Fsp3) is 0.200. The summed E-state index contributed by atoms with van der Waals surface area (Å²) in [6.45, 7) is 2.19. The van der Waals surface area contributed by atoms with E-state index in [0.717, 1.165) is 5.56 Å². The Balaban J connectivity index is 1.96. The number of carbonyl (C=O) groups is 1. The smallest absolute Gasteiger partial charge is 0.287 e. The lowest BCUT2D eigenvalue weighted by molar-refractivity contribution is 0.0921. The lowest BCUT2D eigenvalue weighted by atomic mass is 10.3. The van der Waals surface area contributed by atoms with E-state index < -0.39 is 0 Å². The first kappa shape index (κ1) is 9.51. The number of aromatic amines is 1. The van der Waals surface area contributed by atoms with Gasteiger partial charge < -0.3 is 14.7 Å². The van der Waals surface area contributed by atoms with Crippen molar-refractivity contribution in [1.82, 2.24) is 15.3 Å². The van der Waals surface area contributed by atoms with Crippen LogP contribution < -0.4 is 5.32 Å². The highest BCUT2D eigenvalue weighted by Crippen LogP contribution is 2.08. The molecule has 2 aromatic heterocycles. The van der Waals surface area contributed by atoms with Crippen LogP contribution >= 0.6 is 0 Å². The normalized spacial score (nSPS) is 10.2. The van der Waals surface area contributed by atoms with Gasteiger partial charge in [-0.1, -0.05) is 0 Å². The van der Waals surface area contributed by atoms with Crippen LogP contribution in [0.5, 0.6) is 0 Å². The summed E-state index contributed by atoms with van der Waals surface area (Å²) >= 11 is 0. The van der Waals surface area contributed by atoms with Crippen LogP contribution in [0.3, 0.4) is 0 Å². The van der Waals surface area contributed by atoms with Crippen LogP contribution in [0.4, 0.5) is 0 Å². The van der Waals surface area contributed by atoms with Crippen LogP contribution in [0, 0.1) is 6.92 Å². The number of amides is 1. The number of aryl methyl sites for hydroxylation is 1. The van der Waals surface area contributed by atoms with Crippen molar-refractivity contribution in [1.29, 1.82) is 0 Å². The molecule has 2 rings (SSSR count). The second kappa shape index (κ2) is 4.00. The van der Waals surface area contributed by atoms with Gasteiger partial charge in [0.15, 0.2) is 5.76 Å². The maximum atomic E-state index is 11.6. The number of rotatable bonds is 3. The summed E-state index contributed by atoms with van der Waals surface area (Å²) in [6.07, 6.45) is 4.84. The Hall–Kier alpha value is -2.04. The van der Waals surface area contributed by atoms with Gasteiger partial charge in [-0.05, 0) is 13.0 Å². The van der Waals surface area contributed by atoms with Gasteiger partial charge >= 0.3 is 0 Å². The molecule has 0 aliphatic heterocycles. The van der Waals surface area contributed by atoms with Crippen LogP contribution in [-0.4, -0.2) is 15.9 Å². The minimum Gasteiger partial charge on any atom is -0.459 e. The third-order valence-electron chi connectivity index (χ3n) is 2.04. The molecule has 0 fully saturated rings. The molecule has 0 aliphatic rings. The molecule has 5 heteroatoms. The second-order valence-electron chi connectivity index (χ2n) is 3.15. The Morgan fingerprint density at radius 3 is 3.13 bits per heavy atom. The predicted octanol–water partition coefficient (Wildman–Crippen LogP) is 1.24. The number of nitrogens with zero attached hydrogens (tertiary/aromatic N) is 1. The van der Waals surface area contributed by atoms with Crippen molar-refractivity contribution in [3.8, 4) is 0 Å². The molecule has 0 radical (unpaired) electrons. The zero-order valence-electron chi connectivity index (χ0n) is 8.28. The highest BCUT2D eigenvalue weighted by molar-refractivity contribution is 5.92. The number of H-pyrrole nitrogens is 1. The number of carbonyl (C=O) groups excluding carboxylic acids is 1. The summed E-state index contributed by atoms with van der Waals surface area (Å²) in [5.41, 5.74) is 0.826. The van der Waals surface area contributed by atoms with E-state index in [0.29, 0.717) is 18.1 Å². The van der Waals surface area contributed by atoms with Crippen molar-refractivity contribution >= 4 is 5.91 Å². The Morgan fingerprint density at radius 2 is 2.53 bits per heavy atom. The zero-order chi connectivity index (χ0) is 10.7. The average Bonchev–Trinajstić information content (AvgIpc) is 2.84. The molecule has 1 amide bonds. The van der Waals surface area contributed by atoms with Crippen LogP contribution in [0.25, 0.3) is 0 Å². The topological polar surface area (TPSA) is 70.9 Å². The molecule has 0 saturated carbocycles. The number of hydrogen-bond acceptors (Lipinski definition) is 3. The van der Waals surface area contributed by atoms with E-state index in [4.69, 9.17) is 4.42 Å². The van der Waals surface area contributed by atoms with Crippen molar-refractivity contribution in [2.24, 2.45) is 0 Å². The van der Waals surface area contributed by atoms with Gasteiger partial charge in [0.1, 0.15) is 5.82 Å².